The van der Waals surface area contributed by atoms with Crippen LogP contribution < -0.4 is 5.73 Å². The molecule has 1 saturated carbocycles. The first-order valence-corrected chi connectivity index (χ1v) is 7.51. The summed E-state index contributed by atoms with van der Waals surface area (Å²) in [5, 5.41) is 0. The summed E-state index contributed by atoms with van der Waals surface area (Å²) < 4.78 is 38.2. The zero-order valence-electron chi connectivity index (χ0n) is 11.5. The molecular weight excluding hydrogens is 253 g/mol. The maximum absolute atomic E-state index is 12.7. The van der Waals surface area contributed by atoms with Gasteiger partial charge in [-0.2, -0.15) is 13.2 Å². The van der Waals surface area contributed by atoms with E-state index in [0.29, 0.717) is 18.9 Å². The third-order valence-electron chi connectivity index (χ3n) is 4.69. The highest BCUT2D eigenvalue weighted by Gasteiger charge is 2.42. The Bertz CT molecular complexity index is 274. The van der Waals surface area contributed by atoms with Gasteiger partial charge in [-0.1, -0.05) is 19.3 Å². The monoisotopic (exact) mass is 278 g/mol. The van der Waals surface area contributed by atoms with E-state index in [0.717, 1.165) is 19.4 Å². The first-order valence-electron chi connectivity index (χ1n) is 7.51. The molecule has 0 radical (unpaired) electrons. The zero-order valence-corrected chi connectivity index (χ0v) is 11.5. The van der Waals surface area contributed by atoms with Crippen molar-refractivity contribution in [2.75, 3.05) is 19.6 Å². The van der Waals surface area contributed by atoms with Gasteiger partial charge in [0, 0.05) is 19.1 Å². The van der Waals surface area contributed by atoms with Crippen LogP contribution in [0.1, 0.15) is 44.9 Å². The summed E-state index contributed by atoms with van der Waals surface area (Å²) in [6.45, 7) is 1.55. The Labute approximate surface area is 113 Å². The Morgan fingerprint density at radius 1 is 1.05 bits per heavy atom. The largest absolute Gasteiger partial charge is 0.393 e. The highest BCUT2D eigenvalue weighted by Crippen LogP contribution is 2.33. The van der Waals surface area contributed by atoms with E-state index in [-0.39, 0.29) is 19.0 Å². The summed E-state index contributed by atoms with van der Waals surface area (Å²) in [5.74, 6) is -0.639. The van der Waals surface area contributed by atoms with Crippen LogP contribution in [0.15, 0.2) is 0 Å². The Hall–Kier alpha value is -0.290. The van der Waals surface area contributed by atoms with Crippen molar-refractivity contribution < 1.29 is 13.2 Å². The molecule has 0 aromatic carbocycles. The van der Waals surface area contributed by atoms with Crippen LogP contribution in [-0.4, -0.2) is 36.8 Å². The van der Waals surface area contributed by atoms with Crippen molar-refractivity contribution in [1.82, 2.24) is 4.90 Å². The topological polar surface area (TPSA) is 29.3 Å². The van der Waals surface area contributed by atoms with E-state index in [1.165, 1.54) is 19.3 Å². The zero-order chi connectivity index (χ0) is 13.9. The fourth-order valence-electron chi connectivity index (χ4n) is 3.50. The quantitative estimate of drug-likeness (QED) is 0.859. The van der Waals surface area contributed by atoms with Crippen LogP contribution in [0.3, 0.4) is 0 Å². The van der Waals surface area contributed by atoms with Gasteiger partial charge >= 0.3 is 6.18 Å². The van der Waals surface area contributed by atoms with Crippen LogP contribution in [0.5, 0.6) is 0 Å². The maximum Gasteiger partial charge on any atom is 0.393 e. The number of piperidine rings is 1. The number of nitrogens with zero attached hydrogens (tertiary/aromatic N) is 1. The standard InChI is InChI=1S/C14H25F3N2/c15-14(16,17)12-7-4-8-19(9-12)10-13(18)11-5-2-1-3-6-11/h11-13H,1-10,18H2. The number of likely N-dealkylation sites (tertiary alicyclic amines) is 1. The second-order valence-electron chi connectivity index (χ2n) is 6.20. The average molecular weight is 278 g/mol. The molecule has 1 heterocycles. The van der Waals surface area contributed by atoms with Gasteiger partial charge in [-0.3, -0.25) is 0 Å². The Kier molecular flexibility index (Phi) is 5.12. The highest BCUT2D eigenvalue weighted by atomic mass is 19.4. The first kappa shape index (κ1) is 15.1. The second-order valence-corrected chi connectivity index (χ2v) is 6.20. The van der Waals surface area contributed by atoms with Crippen LogP contribution in [-0.2, 0) is 0 Å². The average Bonchev–Trinajstić information content (AvgIpc) is 2.39. The lowest BCUT2D eigenvalue weighted by Crippen LogP contribution is -2.48. The molecule has 112 valence electrons. The van der Waals surface area contributed by atoms with Gasteiger partial charge in [0.2, 0.25) is 0 Å². The molecule has 0 spiro atoms. The van der Waals surface area contributed by atoms with Gasteiger partial charge in [-0.15, -0.1) is 0 Å². The first-order chi connectivity index (χ1) is 8.97. The predicted molar refractivity (Wildman–Crippen MR) is 69.8 cm³/mol. The molecule has 2 aliphatic rings. The van der Waals surface area contributed by atoms with Crippen molar-refractivity contribution in [2.24, 2.45) is 17.6 Å². The molecule has 0 aromatic rings. The smallest absolute Gasteiger partial charge is 0.326 e. The van der Waals surface area contributed by atoms with E-state index in [1.54, 1.807) is 0 Å². The van der Waals surface area contributed by atoms with E-state index in [1.807, 2.05) is 4.90 Å². The van der Waals surface area contributed by atoms with Crippen molar-refractivity contribution in [3.05, 3.63) is 0 Å². The van der Waals surface area contributed by atoms with Gasteiger partial charge in [0.25, 0.3) is 0 Å². The third kappa shape index (κ3) is 4.35. The second kappa shape index (κ2) is 6.44. The molecule has 2 N–H and O–H groups in total. The highest BCUT2D eigenvalue weighted by molar-refractivity contribution is 4.83. The SMILES string of the molecule is NC(CN1CCCC(C(F)(F)F)C1)C1CCCCC1. The summed E-state index contributed by atoms with van der Waals surface area (Å²) >= 11 is 0. The molecule has 2 nitrogen and oxygen atoms in total. The molecular formula is C14H25F3N2. The molecule has 2 rings (SSSR count). The summed E-state index contributed by atoms with van der Waals surface area (Å²) in [5.41, 5.74) is 6.21. The minimum absolute atomic E-state index is 0.0484. The van der Waals surface area contributed by atoms with Crippen LogP contribution in [0, 0.1) is 11.8 Å². The van der Waals surface area contributed by atoms with Gasteiger partial charge in [-0.25, -0.2) is 0 Å². The number of hydrogen-bond acceptors (Lipinski definition) is 2. The number of hydrogen-bond donors (Lipinski definition) is 1. The number of halogens is 3. The normalized spacial score (nSPS) is 29.4. The molecule has 2 fully saturated rings. The van der Waals surface area contributed by atoms with Crippen molar-refractivity contribution in [3.63, 3.8) is 0 Å². The molecule has 1 saturated heterocycles. The maximum atomic E-state index is 12.7. The van der Waals surface area contributed by atoms with E-state index < -0.39 is 12.1 Å². The minimum Gasteiger partial charge on any atom is -0.326 e. The minimum atomic E-state index is -4.05. The summed E-state index contributed by atoms with van der Waals surface area (Å²) in [6.07, 6.45) is 2.90. The third-order valence-corrected chi connectivity index (χ3v) is 4.69. The lowest BCUT2D eigenvalue weighted by atomic mass is 9.83. The molecule has 1 aliphatic carbocycles. The van der Waals surface area contributed by atoms with Gasteiger partial charge in [0.1, 0.15) is 0 Å². The number of nitrogens with two attached hydrogens (primary N) is 1. The van der Waals surface area contributed by atoms with Crippen molar-refractivity contribution in [2.45, 2.75) is 57.2 Å². The fraction of sp³-hybridized carbons (Fsp3) is 1.00. The van der Waals surface area contributed by atoms with Crippen molar-refractivity contribution in [1.29, 1.82) is 0 Å². The molecule has 19 heavy (non-hydrogen) atoms. The van der Waals surface area contributed by atoms with E-state index in [9.17, 15) is 13.2 Å². The summed E-state index contributed by atoms with van der Waals surface area (Å²) in [6, 6.07) is 0.0484. The molecule has 5 heteroatoms. The lowest BCUT2D eigenvalue weighted by molar-refractivity contribution is -0.186. The Morgan fingerprint density at radius 2 is 1.74 bits per heavy atom. The van der Waals surface area contributed by atoms with E-state index in [4.69, 9.17) is 5.73 Å². The Morgan fingerprint density at radius 3 is 2.37 bits per heavy atom. The van der Waals surface area contributed by atoms with Gasteiger partial charge in [-0.05, 0) is 38.1 Å². The van der Waals surface area contributed by atoms with Gasteiger partial charge < -0.3 is 10.6 Å². The van der Waals surface area contributed by atoms with Crippen LogP contribution in [0.2, 0.25) is 0 Å². The molecule has 0 amide bonds. The van der Waals surface area contributed by atoms with Crippen molar-refractivity contribution in [3.8, 4) is 0 Å². The fourth-order valence-corrected chi connectivity index (χ4v) is 3.50. The summed E-state index contributed by atoms with van der Waals surface area (Å²) in [7, 11) is 0. The molecule has 1 aliphatic heterocycles. The molecule has 2 unspecified atom stereocenters. The van der Waals surface area contributed by atoms with Gasteiger partial charge in [0.05, 0.1) is 5.92 Å². The van der Waals surface area contributed by atoms with E-state index >= 15 is 0 Å². The van der Waals surface area contributed by atoms with Gasteiger partial charge in [0.15, 0.2) is 0 Å². The summed E-state index contributed by atoms with van der Waals surface area (Å²) in [4.78, 5) is 1.93. The Balaban J connectivity index is 1.81. The number of rotatable bonds is 3. The van der Waals surface area contributed by atoms with Crippen LogP contribution >= 0.6 is 0 Å². The van der Waals surface area contributed by atoms with Crippen molar-refractivity contribution >= 4 is 0 Å². The lowest BCUT2D eigenvalue weighted by Gasteiger charge is -2.37. The molecule has 0 bridgehead atoms. The molecule has 0 aromatic heterocycles. The number of alkyl halides is 3. The predicted octanol–water partition coefficient (Wildman–Crippen LogP) is 3.17. The van der Waals surface area contributed by atoms with Crippen LogP contribution in [0.4, 0.5) is 13.2 Å². The molecule has 2 atom stereocenters. The van der Waals surface area contributed by atoms with E-state index in [2.05, 4.69) is 0 Å². The van der Waals surface area contributed by atoms with Crippen LogP contribution in [0.25, 0.3) is 0 Å².